The predicted molar refractivity (Wildman–Crippen MR) is 64.3 cm³/mol. The van der Waals surface area contributed by atoms with Gasteiger partial charge in [0.05, 0.1) is 6.61 Å². The first-order valence-electron chi connectivity index (χ1n) is 5.02. The molecule has 0 amide bonds. The minimum Gasteiger partial charge on any atom is -0.474 e. The molecule has 1 heterocycles. The molecular formula is C10H14ClNO4S. The van der Waals surface area contributed by atoms with Gasteiger partial charge >= 0.3 is 0 Å². The molecule has 96 valence electrons. The van der Waals surface area contributed by atoms with Crippen LogP contribution >= 0.6 is 11.6 Å². The van der Waals surface area contributed by atoms with E-state index in [2.05, 4.69) is 4.98 Å². The summed E-state index contributed by atoms with van der Waals surface area (Å²) < 4.78 is 32.9. The molecule has 17 heavy (non-hydrogen) atoms. The van der Waals surface area contributed by atoms with Gasteiger partial charge in [-0.05, 0) is 19.1 Å². The Morgan fingerprint density at radius 3 is 2.65 bits per heavy atom. The Kier molecular flexibility index (Phi) is 5.17. The Morgan fingerprint density at radius 2 is 2.06 bits per heavy atom. The Labute approximate surface area is 106 Å². The van der Waals surface area contributed by atoms with E-state index in [1.165, 1.54) is 12.1 Å². The fraction of sp³-hybridized carbons (Fsp3) is 0.500. The van der Waals surface area contributed by atoms with Crippen LogP contribution in [0.3, 0.4) is 0 Å². The van der Waals surface area contributed by atoms with Crippen LogP contribution in [0.25, 0.3) is 0 Å². The van der Waals surface area contributed by atoms with E-state index >= 15 is 0 Å². The van der Waals surface area contributed by atoms with Gasteiger partial charge in [0.1, 0.15) is 11.6 Å². The van der Waals surface area contributed by atoms with E-state index < -0.39 is 9.84 Å². The molecule has 0 atom stereocenters. The van der Waals surface area contributed by atoms with Gasteiger partial charge in [-0.3, -0.25) is 0 Å². The quantitative estimate of drug-likeness (QED) is 0.739. The minimum atomic E-state index is -3.36. The van der Waals surface area contributed by atoms with Crippen molar-refractivity contribution in [3.8, 4) is 5.88 Å². The average molecular weight is 280 g/mol. The molecule has 1 aromatic rings. The number of rotatable bonds is 6. The summed E-state index contributed by atoms with van der Waals surface area (Å²) in [5.41, 5.74) is 0. The van der Waals surface area contributed by atoms with Gasteiger partial charge in [0.2, 0.25) is 5.88 Å². The lowest BCUT2D eigenvalue weighted by Gasteiger charge is -2.08. The number of hydrogen-bond acceptors (Lipinski definition) is 5. The second-order valence-corrected chi connectivity index (χ2v) is 5.62. The van der Waals surface area contributed by atoms with Crippen molar-refractivity contribution in [3.05, 3.63) is 17.2 Å². The summed E-state index contributed by atoms with van der Waals surface area (Å²) in [6.45, 7) is 3.13. The Balaban J connectivity index is 2.77. The molecule has 7 heteroatoms. The van der Waals surface area contributed by atoms with Crippen LogP contribution in [0.15, 0.2) is 17.2 Å². The number of sulfone groups is 1. The lowest BCUT2D eigenvalue weighted by atomic mass is 10.5. The van der Waals surface area contributed by atoms with Crippen molar-refractivity contribution >= 4 is 21.4 Å². The normalized spacial score (nSPS) is 11.5. The molecular weight excluding hydrogens is 266 g/mol. The van der Waals surface area contributed by atoms with E-state index in [0.717, 1.165) is 6.26 Å². The number of ether oxygens (including phenoxy) is 2. The third-order valence-corrected chi connectivity index (χ3v) is 3.11. The van der Waals surface area contributed by atoms with Crippen LogP contribution in [0.1, 0.15) is 6.92 Å². The predicted octanol–water partition coefficient (Wildman–Crippen LogP) is 1.55. The van der Waals surface area contributed by atoms with E-state index in [1.54, 1.807) is 0 Å². The Morgan fingerprint density at radius 1 is 1.35 bits per heavy atom. The zero-order chi connectivity index (χ0) is 12.9. The van der Waals surface area contributed by atoms with Crippen LogP contribution in [0.5, 0.6) is 5.88 Å². The molecule has 0 aliphatic heterocycles. The first-order chi connectivity index (χ1) is 7.95. The molecule has 0 fully saturated rings. The summed E-state index contributed by atoms with van der Waals surface area (Å²) in [5, 5.41) is 0.210. The summed E-state index contributed by atoms with van der Waals surface area (Å²) in [5.74, 6) is 0.106. The van der Waals surface area contributed by atoms with E-state index in [-0.39, 0.29) is 22.5 Å². The average Bonchev–Trinajstić information content (AvgIpc) is 2.25. The van der Waals surface area contributed by atoms with Crippen molar-refractivity contribution in [2.24, 2.45) is 0 Å². The Bertz CT molecular complexity index is 475. The van der Waals surface area contributed by atoms with Gasteiger partial charge in [0, 0.05) is 12.9 Å². The summed E-state index contributed by atoms with van der Waals surface area (Å²) in [7, 11) is -3.36. The van der Waals surface area contributed by atoms with Crippen molar-refractivity contribution in [3.63, 3.8) is 0 Å². The minimum absolute atomic E-state index is 0.0618. The second-order valence-electron chi connectivity index (χ2n) is 3.25. The number of hydrogen-bond donors (Lipinski definition) is 0. The fourth-order valence-electron chi connectivity index (χ4n) is 1.06. The third-order valence-electron chi connectivity index (χ3n) is 1.84. The molecule has 0 unspecified atom stereocenters. The first kappa shape index (κ1) is 14.2. The molecule has 0 saturated heterocycles. The topological polar surface area (TPSA) is 65.5 Å². The van der Waals surface area contributed by atoms with Crippen LogP contribution in [0.2, 0.25) is 5.02 Å². The highest BCUT2D eigenvalue weighted by Crippen LogP contribution is 2.23. The van der Waals surface area contributed by atoms with Crippen LogP contribution < -0.4 is 4.74 Å². The van der Waals surface area contributed by atoms with E-state index in [9.17, 15) is 8.42 Å². The van der Waals surface area contributed by atoms with Gasteiger partial charge < -0.3 is 9.47 Å². The molecule has 0 bridgehead atoms. The summed E-state index contributed by atoms with van der Waals surface area (Å²) >= 11 is 5.84. The SMILES string of the molecule is CCOCCOc1nc(S(C)(=O)=O)ccc1Cl. The van der Waals surface area contributed by atoms with Crippen molar-refractivity contribution in [2.45, 2.75) is 11.9 Å². The maximum absolute atomic E-state index is 11.3. The largest absolute Gasteiger partial charge is 0.474 e. The van der Waals surface area contributed by atoms with Gasteiger partial charge in [-0.15, -0.1) is 0 Å². The highest BCUT2D eigenvalue weighted by molar-refractivity contribution is 7.90. The summed E-state index contributed by atoms with van der Waals surface area (Å²) in [4.78, 5) is 3.84. The zero-order valence-corrected chi connectivity index (χ0v) is 11.2. The molecule has 0 aromatic carbocycles. The highest BCUT2D eigenvalue weighted by Gasteiger charge is 2.12. The van der Waals surface area contributed by atoms with E-state index in [4.69, 9.17) is 21.1 Å². The first-order valence-corrected chi connectivity index (χ1v) is 7.29. The van der Waals surface area contributed by atoms with Crippen molar-refractivity contribution in [1.82, 2.24) is 4.98 Å². The summed E-state index contributed by atoms with van der Waals surface area (Å²) in [6, 6.07) is 2.79. The molecule has 0 saturated carbocycles. The van der Waals surface area contributed by atoms with Gasteiger partial charge in [-0.1, -0.05) is 11.6 Å². The standard InChI is InChI=1S/C10H14ClNO4S/c1-3-15-6-7-16-10-8(11)4-5-9(12-10)17(2,13)14/h4-5H,3,6-7H2,1-2H3. The maximum atomic E-state index is 11.3. The Hall–Kier alpha value is -0.850. The van der Waals surface area contributed by atoms with Gasteiger partial charge in [0.25, 0.3) is 0 Å². The second kappa shape index (κ2) is 6.18. The number of pyridine rings is 1. The fourth-order valence-corrected chi connectivity index (χ4v) is 1.78. The van der Waals surface area contributed by atoms with Gasteiger partial charge in [-0.25, -0.2) is 13.4 Å². The maximum Gasteiger partial charge on any atom is 0.233 e. The molecule has 0 aliphatic rings. The molecule has 0 spiro atoms. The van der Waals surface area contributed by atoms with E-state index in [1.807, 2.05) is 6.92 Å². The van der Waals surface area contributed by atoms with E-state index in [0.29, 0.717) is 13.2 Å². The smallest absolute Gasteiger partial charge is 0.233 e. The third kappa shape index (κ3) is 4.49. The lowest BCUT2D eigenvalue weighted by Crippen LogP contribution is -2.09. The molecule has 0 aliphatic carbocycles. The summed E-state index contributed by atoms with van der Waals surface area (Å²) in [6.07, 6.45) is 1.08. The van der Waals surface area contributed by atoms with Crippen molar-refractivity contribution in [1.29, 1.82) is 0 Å². The number of aromatic nitrogens is 1. The van der Waals surface area contributed by atoms with Crippen molar-refractivity contribution < 1.29 is 17.9 Å². The molecule has 0 radical (unpaired) electrons. The zero-order valence-electron chi connectivity index (χ0n) is 9.64. The van der Waals surface area contributed by atoms with Crippen LogP contribution in [0, 0.1) is 0 Å². The number of halogens is 1. The lowest BCUT2D eigenvalue weighted by molar-refractivity contribution is 0.108. The molecule has 1 aromatic heterocycles. The van der Waals surface area contributed by atoms with Crippen LogP contribution in [0.4, 0.5) is 0 Å². The van der Waals surface area contributed by atoms with Gasteiger partial charge in [0.15, 0.2) is 14.9 Å². The van der Waals surface area contributed by atoms with Crippen molar-refractivity contribution in [2.75, 3.05) is 26.1 Å². The monoisotopic (exact) mass is 279 g/mol. The van der Waals surface area contributed by atoms with Gasteiger partial charge in [-0.2, -0.15) is 0 Å². The van der Waals surface area contributed by atoms with Crippen LogP contribution in [-0.4, -0.2) is 39.5 Å². The molecule has 0 N–H and O–H groups in total. The molecule has 5 nitrogen and oxygen atoms in total. The molecule has 1 rings (SSSR count). The highest BCUT2D eigenvalue weighted by atomic mass is 35.5. The number of nitrogens with zero attached hydrogens (tertiary/aromatic N) is 1. The van der Waals surface area contributed by atoms with Crippen LogP contribution in [-0.2, 0) is 14.6 Å².